The van der Waals surface area contributed by atoms with E-state index in [2.05, 4.69) is 15.9 Å². The van der Waals surface area contributed by atoms with Gasteiger partial charge in [-0.15, -0.1) is 0 Å². The van der Waals surface area contributed by atoms with Crippen LogP contribution in [-0.4, -0.2) is 12.0 Å². The smallest absolute Gasteiger partial charge is 0.323 e. The van der Waals surface area contributed by atoms with Crippen LogP contribution >= 0.6 is 15.9 Å². The molecule has 0 aliphatic heterocycles. The van der Waals surface area contributed by atoms with E-state index in [0.717, 1.165) is 16.5 Å². The number of esters is 1. The van der Waals surface area contributed by atoms with Crippen molar-refractivity contribution in [2.24, 2.45) is 5.73 Å². The first-order valence-electron chi connectivity index (χ1n) is 5.30. The third kappa shape index (κ3) is 4.33. The molecular weight excluding hydrogens is 270 g/mol. The fourth-order valence-electron chi connectivity index (χ4n) is 1.27. The normalized spacial score (nSPS) is 12.2. The average molecular weight is 286 g/mol. The first kappa shape index (κ1) is 13.2. The Morgan fingerprint density at radius 1 is 1.44 bits per heavy atom. The van der Waals surface area contributed by atoms with E-state index in [4.69, 9.17) is 10.5 Å². The van der Waals surface area contributed by atoms with E-state index in [9.17, 15) is 4.79 Å². The van der Waals surface area contributed by atoms with Crippen LogP contribution in [0.4, 0.5) is 0 Å². The topological polar surface area (TPSA) is 52.3 Å². The van der Waals surface area contributed by atoms with Gasteiger partial charge in [0.25, 0.3) is 0 Å². The summed E-state index contributed by atoms with van der Waals surface area (Å²) in [7, 11) is 0. The minimum absolute atomic E-state index is 0.281. The molecular formula is C12H16BrNO2. The Hall–Kier alpha value is -0.870. The number of halogens is 1. The SMILES string of the molecule is CCC[C@H](N)C(=O)OCc1ccc(Br)cc1. The van der Waals surface area contributed by atoms with Gasteiger partial charge in [-0.3, -0.25) is 4.79 Å². The molecule has 1 aromatic rings. The van der Waals surface area contributed by atoms with Gasteiger partial charge in [0.05, 0.1) is 0 Å². The molecule has 0 saturated carbocycles. The van der Waals surface area contributed by atoms with Crippen LogP contribution in [-0.2, 0) is 16.1 Å². The lowest BCUT2D eigenvalue weighted by atomic mass is 10.2. The summed E-state index contributed by atoms with van der Waals surface area (Å²) < 4.78 is 6.11. The van der Waals surface area contributed by atoms with Crippen molar-refractivity contribution in [3.8, 4) is 0 Å². The van der Waals surface area contributed by atoms with Gasteiger partial charge >= 0.3 is 5.97 Å². The average Bonchev–Trinajstić information content (AvgIpc) is 2.28. The second kappa shape index (κ2) is 6.66. The summed E-state index contributed by atoms with van der Waals surface area (Å²) in [5.74, 6) is -0.329. The molecule has 0 radical (unpaired) electrons. The molecule has 0 heterocycles. The monoisotopic (exact) mass is 285 g/mol. The van der Waals surface area contributed by atoms with Gasteiger partial charge < -0.3 is 10.5 Å². The lowest BCUT2D eigenvalue weighted by molar-refractivity contribution is -0.146. The number of hydrogen-bond acceptors (Lipinski definition) is 3. The molecule has 16 heavy (non-hydrogen) atoms. The number of benzene rings is 1. The van der Waals surface area contributed by atoms with Gasteiger partial charge in [0.15, 0.2) is 0 Å². The predicted octanol–water partition coefficient (Wildman–Crippen LogP) is 2.62. The Morgan fingerprint density at radius 2 is 2.06 bits per heavy atom. The number of carbonyl (C=O) groups is 1. The second-order valence-electron chi connectivity index (χ2n) is 3.63. The Bertz CT molecular complexity index is 337. The highest BCUT2D eigenvalue weighted by Gasteiger charge is 2.13. The summed E-state index contributed by atoms with van der Waals surface area (Å²) in [6.45, 7) is 2.27. The maximum atomic E-state index is 11.4. The molecule has 0 amide bonds. The van der Waals surface area contributed by atoms with Crippen molar-refractivity contribution in [3.63, 3.8) is 0 Å². The number of ether oxygens (including phenoxy) is 1. The van der Waals surface area contributed by atoms with Crippen LogP contribution in [0.1, 0.15) is 25.3 Å². The highest BCUT2D eigenvalue weighted by molar-refractivity contribution is 9.10. The van der Waals surface area contributed by atoms with Crippen molar-refractivity contribution in [3.05, 3.63) is 34.3 Å². The number of carbonyl (C=O) groups excluding carboxylic acids is 1. The molecule has 2 N–H and O–H groups in total. The zero-order valence-electron chi connectivity index (χ0n) is 9.28. The highest BCUT2D eigenvalue weighted by atomic mass is 79.9. The van der Waals surface area contributed by atoms with Crippen molar-refractivity contribution in [1.82, 2.24) is 0 Å². The zero-order valence-corrected chi connectivity index (χ0v) is 10.9. The van der Waals surface area contributed by atoms with Crippen LogP contribution < -0.4 is 5.73 Å². The van der Waals surface area contributed by atoms with E-state index in [1.165, 1.54) is 0 Å². The van der Waals surface area contributed by atoms with E-state index in [-0.39, 0.29) is 12.6 Å². The molecule has 0 bridgehead atoms. The fourth-order valence-corrected chi connectivity index (χ4v) is 1.54. The summed E-state index contributed by atoms with van der Waals surface area (Å²) in [5, 5.41) is 0. The van der Waals surface area contributed by atoms with Crippen molar-refractivity contribution >= 4 is 21.9 Å². The molecule has 0 aliphatic carbocycles. The third-order valence-electron chi connectivity index (χ3n) is 2.20. The minimum atomic E-state index is -0.500. The molecule has 0 aliphatic rings. The molecule has 0 unspecified atom stereocenters. The zero-order chi connectivity index (χ0) is 12.0. The largest absolute Gasteiger partial charge is 0.460 e. The molecule has 4 heteroatoms. The highest BCUT2D eigenvalue weighted by Crippen LogP contribution is 2.11. The Morgan fingerprint density at radius 3 is 2.62 bits per heavy atom. The maximum Gasteiger partial charge on any atom is 0.323 e. The minimum Gasteiger partial charge on any atom is -0.460 e. The summed E-state index contributed by atoms with van der Waals surface area (Å²) in [6, 6.07) is 7.14. The van der Waals surface area contributed by atoms with Crippen molar-refractivity contribution in [2.75, 3.05) is 0 Å². The Labute approximate surface area is 104 Å². The summed E-state index contributed by atoms with van der Waals surface area (Å²) in [6.07, 6.45) is 1.55. The van der Waals surface area contributed by atoms with Crippen LogP contribution in [0.5, 0.6) is 0 Å². The molecule has 0 spiro atoms. The van der Waals surface area contributed by atoms with E-state index in [0.29, 0.717) is 6.42 Å². The molecule has 3 nitrogen and oxygen atoms in total. The fraction of sp³-hybridized carbons (Fsp3) is 0.417. The van der Waals surface area contributed by atoms with Gasteiger partial charge in [0, 0.05) is 4.47 Å². The van der Waals surface area contributed by atoms with Crippen LogP contribution in [0.15, 0.2) is 28.7 Å². The molecule has 0 aromatic heterocycles. The number of hydrogen-bond donors (Lipinski definition) is 1. The molecule has 1 rings (SSSR count). The quantitative estimate of drug-likeness (QED) is 0.846. The Balaban J connectivity index is 2.39. The van der Waals surface area contributed by atoms with Gasteiger partial charge in [-0.25, -0.2) is 0 Å². The van der Waals surface area contributed by atoms with Gasteiger partial charge in [0.1, 0.15) is 12.6 Å². The van der Waals surface area contributed by atoms with Crippen molar-refractivity contribution in [1.29, 1.82) is 0 Å². The van der Waals surface area contributed by atoms with Crippen LogP contribution in [0, 0.1) is 0 Å². The summed E-state index contributed by atoms with van der Waals surface area (Å²) in [5.41, 5.74) is 6.59. The number of rotatable bonds is 5. The lowest BCUT2D eigenvalue weighted by Gasteiger charge is -2.10. The Kier molecular flexibility index (Phi) is 5.49. The first-order valence-corrected chi connectivity index (χ1v) is 6.09. The van der Waals surface area contributed by atoms with Crippen LogP contribution in [0.3, 0.4) is 0 Å². The molecule has 1 aromatic carbocycles. The second-order valence-corrected chi connectivity index (χ2v) is 4.55. The van der Waals surface area contributed by atoms with Gasteiger partial charge in [0.2, 0.25) is 0 Å². The first-order chi connectivity index (χ1) is 7.63. The molecule has 88 valence electrons. The summed E-state index contributed by atoms with van der Waals surface area (Å²) >= 11 is 3.34. The van der Waals surface area contributed by atoms with Crippen LogP contribution in [0.25, 0.3) is 0 Å². The third-order valence-corrected chi connectivity index (χ3v) is 2.73. The molecule has 0 saturated heterocycles. The maximum absolute atomic E-state index is 11.4. The number of nitrogens with two attached hydrogens (primary N) is 1. The van der Waals surface area contributed by atoms with E-state index in [1.807, 2.05) is 31.2 Å². The molecule has 0 fully saturated rings. The van der Waals surface area contributed by atoms with Crippen LogP contribution in [0.2, 0.25) is 0 Å². The van der Waals surface area contributed by atoms with Crippen molar-refractivity contribution < 1.29 is 9.53 Å². The molecule has 1 atom stereocenters. The van der Waals surface area contributed by atoms with Gasteiger partial charge in [-0.2, -0.15) is 0 Å². The standard InChI is InChI=1S/C12H16BrNO2/c1-2-3-11(14)12(15)16-8-9-4-6-10(13)7-5-9/h4-7,11H,2-3,8,14H2,1H3/t11-/m0/s1. The predicted molar refractivity (Wildman–Crippen MR) is 66.8 cm³/mol. The van der Waals surface area contributed by atoms with E-state index < -0.39 is 6.04 Å². The van der Waals surface area contributed by atoms with E-state index in [1.54, 1.807) is 0 Å². The van der Waals surface area contributed by atoms with Gasteiger partial charge in [-0.1, -0.05) is 41.4 Å². The summed E-state index contributed by atoms with van der Waals surface area (Å²) in [4.78, 5) is 11.4. The van der Waals surface area contributed by atoms with Gasteiger partial charge in [-0.05, 0) is 24.1 Å². The van der Waals surface area contributed by atoms with Crippen molar-refractivity contribution in [2.45, 2.75) is 32.4 Å². The van der Waals surface area contributed by atoms with E-state index >= 15 is 0 Å². The lowest BCUT2D eigenvalue weighted by Crippen LogP contribution is -2.31.